The maximum atomic E-state index is 2.60. The molecule has 0 radical (unpaired) electrons. The van der Waals surface area contributed by atoms with Gasteiger partial charge in [0, 0.05) is 58.6 Å². The second-order valence-electron chi connectivity index (χ2n) is 14.3. The van der Waals surface area contributed by atoms with Crippen LogP contribution in [-0.2, 0) is 0 Å². The molecule has 0 fully saturated rings. The number of thioether (sulfide) groups is 1. The lowest BCUT2D eigenvalue weighted by atomic mass is 9.89. The molecule has 4 unspecified atom stereocenters. The molecule has 4 heteroatoms. The fourth-order valence-corrected chi connectivity index (χ4v) is 11.9. The zero-order valence-corrected chi connectivity index (χ0v) is 29.8. The molecule has 8 aromatic rings. The molecule has 6 aromatic carbocycles. The van der Waals surface area contributed by atoms with Gasteiger partial charge in [-0.1, -0.05) is 109 Å². The van der Waals surface area contributed by atoms with Gasteiger partial charge in [-0.25, -0.2) is 0 Å². The van der Waals surface area contributed by atoms with E-state index in [4.69, 9.17) is 0 Å². The van der Waals surface area contributed by atoms with Gasteiger partial charge in [0.05, 0.1) is 28.5 Å². The summed E-state index contributed by atoms with van der Waals surface area (Å²) in [4.78, 5) is 3.99. The molecule has 4 aliphatic rings. The summed E-state index contributed by atoms with van der Waals surface area (Å²) in [6.45, 7) is 0. The van der Waals surface area contributed by atoms with Crippen LogP contribution < -0.4 is 4.90 Å². The van der Waals surface area contributed by atoms with E-state index in [1.54, 1.807) is 0 Å². The Morgan fingerprint density at radius 3 is 2.19 bits per heavy atom. The maximum absolute atomic E-state index is 2.60. The number of thiophene rings is 1. The van der Waals surface area contributed by atoms with Crippen molar-refractivity contribution in [2.24, 2.45) is 0 Å². The van der Waals surface area contributed by atoms with E-state index in [-0.39, 0.29) is 12.0 Å². The number of hydrogen-bond acceptors (Lipinski definition) is 3. The van der Waals surface area contributed by atoms with Crippen LogP contribution in [0.4, 0.5) is 11.4 Å². The van der Waals surface area contributed by atoms with E-state index in [1.807, 2.05) is 23.1 Å². The van der Waals surface area contributed by atoms with Crippen LogP contribution >= 0.6 is 23.1 Å². The van der Waals surface area contributed by atoms with Crippen LogP contribution in [0.2, 0.25) is 0 Å². The fraction of sp³-hybridized carbons (Fsp3) is 0.0833. The lowest BCUT2D eigenvalue weighted by molar-refractivity contribution is 0.746. The molecule has 2 aliphatic carbocycles. The highest BCUT2D eigenvalue weighted by Gasteiger charge is 2.39. The summed E-state index contributed by atoms with van der Waals surface area (Å²) < 4.78 is 5.20. The summed E-state index contributed by atoms with van der Waals surface area (Å²) >= 11 is 3.89. The molecule has 246 valence electrons. The molecule has 0 saturated carbocycles. The number of hydrogen-bond donors (Lipinski definition) is 0. The molecule has 4 heterocycles. The minimum Gasteiger partial charge on any atom is -0.333 e. The average molecular weight is 701 g/mol. The van der Waals surface area contributed by atoms with Crippen molar-refractivity contribution in [3.8, 4) is 16.8 Å². The van der Waals surface area contributed by atoms with Gasteiger partial charge in [0.25, 0.3) is 0 Å². The molecule has 0 N–H and O–H groups in total. The Balaban J connectivity index is 1.01. The second-order valence-corrected chi connectivity index (χ2v) is 16.6. The van der Waals surface area contributed by atoms with Crippen molar-refractivity contribution >= 4 is 76.5 Å². The molecule has 12 rings (SSSR count). The Hall–Kier alpha value is -5.55. The predicted octanol–water partition coefficient (Wildman–Crippen LogP) is 13.2. The Morgan fingerprint density at radius 2 is 1.23 bits per heavy atom. The van der Waals surface area contributed by atoms with Crippen molar-refractivity contribution in [2.75, 3.05) is 4.90 Å². The number of nitrogens with zero attached hydrogens (tertiary/aromatic N) is 2. The number of fused-ring (bicyclic) bond motifs is 12. The summed E-state index contributed by atoms with van der Waals surface area (Å²) in [7, 11) is 0. The predicted molar refractivity (Wildman–Crippen MR) is 223 cm³/mol. The molecule has 0 bridgehead atoms. The Labute approximate surface area is 310 Å². The monoisotopic (exact) mass is 700 g/mol. The summed E-state index contributed by atoms with van der Waals surface area (Å²) in [6.07, 6.45) is 18.4. The Morgan fingerprint density at radius 1 is 0.500 bits per heavy atom. The molecule has 2 nitrogen and oxygen atoms in total. The third-order valence-electron chi connectivity index (χ3n) is 11.7. The van der Waals surface area contributed by atoms with Gasteiger partial charge in [0.2, 0.25) is 0 Å². The topological polar surface area (TPSA) is 8.17 Å². The summed E-state index contributed by atoms with van der Waals surface area (Å²) in [5.41, 5.74) is 11.8. The normalized spacial score (nSPS) is 21.0. The number of para-hydroxylation sites is 1. The first-order chi connectivity index (χ1) is 25.8. The molecule has 0 spiro atoms. The van der Waals surface area contributed by atoms with E-state index >= 15 is 0 Å². The average Bonchev–Trinajstić information content (AvgIpc) is 3.95. The molecular formula is C48H32N2S2. The van der Waals surface area contributed by atoms with Crippen molar-refractivity contribution < 1.29 is 0 Å². The SMILES string of the molecule is C1=CC2Sc3cccc(-n4c5ccccc5c5cc(-c6ccc7c(c6)C6C=CC=CC6N7c6cccc7sc8ccccc8c67)ccc54)c3C2C=C1. The smallest absolute Gasteiger partial charge is 0.0629 e. The highest BCUT2D eigenvalue weighted by atomic mass is 32.2. The number of allylic oxidation sites excluding steroid dienone is 5. The van der Waals surface area contributed by atoms with E-state index in [1.165, 1.54) is 86.2 Å². The van der Waals surface area contributed by atoms with Crippen molar-refractivity contribution in [3.05, 3.63) is 181 Å². The Bertz CT molecular complexity index is 2930. The van der Waals surface area contributed by atoms with Gasteiger partial charge in [-0.05, 0) is 82.9 Å². The summed E-state index contributed by atoms with van der Waals surface area (Å²) in [5.74, 6) is 0.678. The van der Waals surface area contributed by atoms with E-state index in [0.717, 1.165) is 0 Å². The van der Waals surface area contributed by atoms with E-state index in [2.05, 4.69) is 179 Å². The van der Waals surface area contributed by atoms with Crippen LogP contribution in [-0.4, -0.2) is 15.9 Å². The summed E-state index contributed by atoms with van der Waals surface area (Å²) in [5, 5.41) is 5.75. The largest absolute Gasteiger partial charge is 0.333 e. The zero-order chi connectivity index (χ0) is 33.9. The van der Waals surface area contributed by atoms with Crippen LogP contribution in [0.3, 0.4) is 0 Å². The minimum absolute atomic E-state index is 0.236. The first-order valence-corrected chi connectivity index (χ1v) is 19.9. The van der Waals surface area contributed by atoms with Crippen LogP contribution in [0.15, 0.2) is 175 Å². The van der Waals surface area contributed by atoms with Gasteiger partial charge in [0.1, 0.15) is 0 Å². The fourth-order valence-electron chi connectivity index (χ4n) is 9.44. The van der Waals surface area contributed by atoms with Gasteiger partial charge in [-0.2, -0.15) is 0 Å². The van der Waals surface area contributed by atoms with Crippen LogP contribution in [0.25, 0.3) is 58.8 Å². The lowest BCUT2D eigenvalue weighted by Gasteiger charge is -2.29. The van der Waals surface area contributed by atoms with Crippen molar-refractivity contribution in [1.29, 1.82) is 0 Å². The van der Waals surface area contributed by atoms with Gasteiger partial charge in [0.15, 0.2) is 0 Å². The van der Waals surface area contributed by atoms with Crippen LogP contribution in [0, 0.1) is 0 Å². The molecule has 0 saturated heterocycles. The number of anilines is 2. The van der Waals surface area contributed by atoms with Crippen molar-refractivity contribution in [3.63, 3.8) is 0 Å². The number of aromatic nitrogens is 1. The Kier molecular flexibility index (Phi) is 6.14. The van der Waals surface area contributed by atoms with Crippen molar-refractivity contribution in [1.82, 2.24) is 4.57 Å². The highest BCUT2D eigenvalue weighted by Crippen LogP contribution is 2.53. The van der Waals surface area contributed by atoms with E-state index in [9.17, 15) is 0 Å². The number of benzene rings is 6. The van der Waals surface area contributed by atoms with E-state index in [0.29, 0.717) is 11.2 Å². The molecule has 4 atom stereocenters. The maximum Gasteiger partial charge on any atom is 0.0629 e. The molecule has 0 amide bonds. The molecule has 52 heavy (non-hydrogen) atoms. The summed E-state index contributed by atoms with van der Waals surface area (Å²) in [6, 6.07) is 46.0. The molecular weight excluding hydrogens is 669 g/mol. The molecule has 2 aliphatic heterocycles. The quantitative estimate of drug-likeness (QED) is 0.181. The first-order valence-electron chi connectivity index (χ1n) is 18.2. The second kappa shape index (κ2) is 11.0. The third-order valence-corrected chi connectivity index (χ3v) is 14.1. The van der Waals surface area contributed by atoms with Gasteiger partial charge < -0.3 is 9.47 Å². The van der Waals surface area contributed by atoms with Gasteiger partial charge in [-0.3, -0.25) is 0 Å². The van der Waals surface area contributed by atoms with Crippen LogP contribution in [0.1, 0.15) is 23.0 Å². The van der Waals surface area contributed by atoms with Crippen molar-refractivity contribution in [2.45, 2.75) is 28.0 Å². The highest BCUT2D eigenvalue weighted by molar-refractivity contribution is 8.00. The third kappa shape index (κ3) is 4.02. The standard InChI is InChI=1S/C48H32N2S2/c1-5-15-37-31(11-1)35-27-29(23-25-39(35)49(37)41-17-9-21-45-47(41)33-13-3-7-19-43(33)51-45)30-24-26-40-36(28-30)32-12-2-6-16-38(32)50(40)42-18-10-22-46-48(42)34-14-4-8-20-44(34)52-46/h1-28,31,34,37,44H. The van der Waals surface area contributed by atoms with E-state index < -0.39 is 0 Å². The van der Waals surface area contributed by atoms with Crippen LogP contribution in [0.5, 0.6) is 0 Å². The number of rotatable bonds is 3. The zero-order valence-electron chi connectivity index (χ0n) is 28.2. The van der Waals surface area contributed by atoms with Gasteiger partial charge in [-0.15, -0.1) is 23.1 Å². The first kappa shape index (κ1) is 29.1. The van der Waals surface area contributed by atoms with Gasteiger partial charge >= 0.3 is 0 Å². The molecule has 2 aromatic heterocycles. The lowest BCUT2D eigenvalue weighted by Crippen LogP contribution is -2.28. The minimum atomic E-state index is 0.236.